The summed E-state index contributed by atoms with van der Waals surface area (Å²) < 4.78 is 36.4. The van der Waals surface area contributed by atoms with E-state index in [1.165, 1.54) is 31.2 Å². The van der Waals surface area contributed by atoms with Gasteiger partial charge >= 0.3 is 0 Å². The summed E-state index contributed by atoms with van der Waals surface area (Å²) in [7, 11) is -3.65. The molecule has 3 aromatic heterocycles. The van der Waals surface area contributed by atoms with Crippen molar-refractivity contribution in [2.75, 3.05) is 6.54 Å². The van der Waals surface area contributed by atoms with Gasteiger partial charge in [0.25, 0.3) is 0 Å². The van der Waals surface area contributed by atoms with Crippen LogP contribution in [0.4, 0.5) is 0 Å². The van der Waals surface area contributed by atoms with Crippen molar-refractivity contribution in [1.29, 1.82) is 0 Å². The number of furan rings is 1. The fourth-order valence-corrected chi connectivity index (χ4v) is 3.94. The largest absolute Gasteiger partial charge is 0.463 e. The Morgan fingerprint density at radius 3 is 2.64 bits per heavy atom. The average molecular weight is 398 g/mol. The molecule has 0 amide bonds. The first-order valence-electron chi connectivity index (χ1n) is 8.63. The van der Waals surface area contributed by atoms with E-state index in [1.807, 2.05) is 22.9 Å². The topological polar surface area (TPSA) is 98.6 Å². The number of hydrogen-bond donors (Lipinski definition) is 1. The van der Waals surface area contributed by atoms with Gasteiger partial charge in [0.15, 0.2) is 11.5 Å². The molecule has 144 valence electrons. The van der Waals surface area contributed by atoms with Gasteiger partial charge in [0.2, 0.25) is 10.0 Å². The van der Waals surface area contributed by atoms with Crippen LogP contribution in [0.25, 0.3) is 17.1 Å². The standard InChI is InChI=1S/C19H18N4O4S/c1-14(24)15-4-6-16(7-5-15)28(25,26)20-8-9-22-10-11-23-19(22)13-17(21-23)18-3-2-12-27-18/h2-7,10-13,20H,8-9H2,1H3. The highest BCUT2D eigenvalue weighted by atomic mass is 32.2. The van der Waals surface area contributed by atoms with Gasteiger partial charge < -0.3 is 8.98 Å². The SMILES string of the molecule is CC(=O)c1ccc(S(=O)(=O)NCCn2ccn3nc(-c4ccco4)cc23)cc1. The Labute approximate surface area is 161 Å². The van der Waals surface area contributed by atoms with Gasteiger partial charge in [-0.2, -0.15) is 5.10 Å². The molecule has 28 heavy (non-hydrogen) atoms. The van der Waals surface area contributed by atoms with Gasteiger partial charge in [0.1, 0.15) is 11.3 Å². The normalized spacial score (nSPS) is 11.9. The predicted molar refractivity (Wildman–Crippen MR) is 103 cm³/mol. The van der Waals surface area contributed by atoms with E-state index in [1.54, 1.807) is 23.0 Å². The van der Waals surface area contributed by atoms with Crippen molar-refractivity contribution in [2.45, 2.75) is 18.4 Å². The van der Waals surface area contributed by atoms with Crippen molar-refractivity contribution in [1.82, 2.24) is 18.9 Å². The van der Waals surface area contributed by atoms with Gasteiger partial charge in [0.05, 0.1) is 11.2 Å². The number of Topliss-reactive ketones (excluding diaryl/α,β-unsaturated/α-hetero) is 1. The number of rotatable bonds is 7. The summed E-state index contributed by atoms with van der Waals surface area (Å²) in [6.07, 6.45) is 5.23. The van der Waals surface area contributed by atoms with Crippen molar-refractivity contribution in [3.63, 3.8) is 0 Å². The first-order valence-corrected chi connectivity index (χ1v) is 10.1. The monoisotopic (exact) mass is 398 g/mol. The molecular weight excluding hydrogens is 380 g/mol. The minimum absolute atomic E-state index is 0.108. The molecule has 9 heteroatoms. The van der Waals surface area contributed by atoms with E-state index >= 15 is 0 Å². The predicted octanol–water partition coefficient (Wildman–Crippen LogP) is 2.58. The van der Waals surface area contributed by atoms with Crippen molar-refractivity contribution < 1.29 is 17.6 Å². The number of sulfonamides is 1. The molecule has 0 spiro atoms. The van der Waals surface area contributed by atoms with Crippen LogP contribution < -0.4 is 4.72 Å². The molecule has 8 nitrogen and oxygen atoms in total. The minimum Gasteiger partial charge on any atom is -0.463 e. The molecule has 0 aliphatic carbocycles. The van der Waals surface area contributed by atoms with E-state index in [0.717, 1.165) is 5.65 Å². The van der Waals surface area contributed by atoms with Crippen molar-refractivity contribution in [2.24, 2.45) is 0 Å². The maximum Gasteiger partial charge on any atom is 0.240 e. The lowest BCUT2D eigenvalue weighted by molar-refractivity contribution is 0.101. The van der Waals surface area contributed by atoms with Gasteiger partial charge in [-0.3, -0.25) is 4.79 Å². The molecule has 0 unspecified atom stereocenters. The average Bonchev–Trinajstić information content (AvgIpc) is 3.39. The summed E-state index contributed by atoms with van der Waals surface area (Å²) in [5.41, 5.74) is 2.01. The number of carbonyl (C=O) groups excluding carboxylic acids is 1. The summed E-state index contributed by atoms with van der Waals surface area (Å²) in [6.45, 7) is 2.08. The molecule has 0 fully saturated rings. The fraction of sp³-hybridized carbons (Fsp3) is 0.158. The van der Waals surface area contributed by atoms with Gasteiger partial charge in [0, 0.05) is 37.1 Å². The van der Waals surface area contributed by atoms with Crippen LogP contribution in [0, 0.1) is 0 Å². The van der Waals surface area contributed by atoms with Crippen LogP contribution >= 0.6 is 0 Å². The van der Waals surface area contributed by atoms with Gasteiger partial charge in [-0.05, 0) is 31.2 Å². The van der Waals surface area contributed by atoms with E-state index in [0.29, 0.717) is 23.6 Å². The van der Waals surface area contributed by atoms with Gasteiger partial charge in [-0.25, -0.2) is 17.7 Å². The lowest BCUT2D eigenvalue weighted by Crippen LogP contribution is -2.27. The zero-order valence-electron chi connectivity index (χ0n) is 15.1. The zero-order valence-corrected chi connectivity index (χ0v) is 15.9. The number of hydrogen-bond acceptors (Lipinski definition) is 5. The Morgan fingerprint density at radius 1 is 1.18 bits per heavy atom. The molecular formula is C19H18N4O4S. The molecule has 3 heterocycles. The third-order valence-electron chi connectivity index (χ3n) is 4.39. The molecule has 0 atom stereocenters. The maximum absolute atomic E-state index is 12.4. The van der Waals surface area contributed by atoms with Crippen molar-refractivity contribution in [3.8, 4) is 11.5 Å². The van der Waals surface area contributed by atoms with Crippen molar-refractivity contribution >= 4 is 21.5 Å². The molecule has 0 saturated carbocycles. The van der Waals surface area contributed by atoms with Crippen LogP contribution in [0.15, 0.2) is 70.4 Å². The molecule has 0 aliphatic heterocycles. The Bertz CT molecular complexity index is 1220. The van der Waals surface area contributed by atoms with Crippen LogP contribution in [0.1, 0.15) is 17.3 Å². The third kappa shape index (κ3) is 3.49. The minimum atomic E-state index is -3.65. The molecule has 0 bridgehead atoms. The smallest absolute Gasteiger partial charge is 0.240 e. The number of ketones is 1. The van der Waals surface area contributed by atoms with E-state index in [4.69, 9.17) is 4.42 Å². The second-order valence-corrected chi connectivity index (χ2v) is 8.05. The van der Waals surface area contributed by atoms with Gasteiger partial charge in [-0.15, -0.1) is 0 Å². The number of fused-ring (bicyclic) bond motifs is 1. The Kier molecular flexibility index (Phi) is 4.62. The number of nitrogens with zero attached hydrogens (tertiary/aromatic N) is 3. The highest BCUT2D eigenvalue weighted by Gasteiger charge is 2.15. The zero-order chi connectivity index (χ0) is 19.7. The maximum atomic E-state index is 12.4. The van der Waals surface area contributed by atoms with E-state index in [2.05, 4.69) is 9.82 Å². The number of imidazole rings is 1. The van der Waals surface area contributed by atoms with Gasteiger partial charge in [-0.1, -0.05) is 12.1 Å². The van der Waals surface area contributed by atoms with Crippen LogP contribution in [0.5, 0.6) is 0 Å². The molecule has 4 rings (SSSR count). The molecule has 1 aromatic carbocycles. The van der Waals surface area contributed by atoms with E-state index in [-0.39, 0.29) is 17.2 Å². The Hall–Kier alpha value is -3.17. The lowest BCUT2D eigenvalue weighted by Gasteiger charge is -2.08. The first kappa shape index (κ1) is 18.2. The summed E-state index contributed by atoms with van der Waals surface area (Å²) >= 11 is 0. The first-order chi connectivity index (χ1) is 13.4. The quantitative estimate of drug-likeness (QED) is 0.483. The summed E-state index contributed by atoms with van der Waals surface area (Å²) in [5.74, 6) is 0.563. The second kappa shape index (κ2) is 7.10. The Balaban J connectivity index is 1.45. The molecule has 0 radical (unpaired) electrons. The van der Waals surface area contributed by atoms with Crippen LogP contribution in [-0.4, -0.2) is 34.9 Å². The third-order valence-corrected chi connectivity index (χ3v) is 5.86. The molecule has 1 N–H and O–H groups in total. The number of benzene rings is 1. The van der Waals surface area contributed by atoms with E-state index < -0.39 is 10.0 Å². The van der Waals surface area contributed by atoms with Crippen LogP contribution in [-0.2, 0) is 16.6 Å². The van der Waals surface area contributed by atoms with Crippen LogP contribution in [0.2, 0.25) is 0 Å². The summed E-state index contributed by atoms with van der Waals surface area (Å²) in [6, 6.07) is 11.4. The number of aromatic nitrogens is 3. The van der Waals surface area contributed by atoms with E-state index in [9.17, 15) is 13.2 Å². The molecule has 0 aliphatic rings. The second-order valence-electron chi connectivity index (χ2n) is 6.28. The number of carbonyl (C=O) groups is 1. The highest BCUT2D eigenvalue weighted by molar-refractivity contribution is 7.89. The lowest BCUT2D eigenvalue weighted by atomic mass is 10.2. The highest BCUT2D eigenvalue weighted by Crippen LogP contribution is 2.20. The molecule has 0 saturated heterocycles. The van der Waals surface area contributed by atoms with Crippen LogP contribution in [0.3, 0.4) is 0 Å². The fourth-order valence-electron chi connectivity index (χ4n) is 2.92. The summed E-state index contributed by atoms with van der Waals surface area (Å²) in [5, 5.41) is 4.44. The summed E-state index contributed by atoms with van der Waals surface area (Å²) in [4.78, 5) is 11.4. The Morgan fingerprint density at radius 2 is 1.96 bits per heavy atom. The number of nitrogens with one attached hydrogen (secondary N) is 1. The molecule has 4 aromatic rings. The van der Waals surface area contributed by atoms with Crippen molar-refractivity contribution in [3.05, 3.63) is 66.7 Å².